The van der Waals surface area contributed by atoms with Gasteiger partial charge in [-0.25, -0.2) is 4.39 Å². The number of non-ortho nitro benzene ring substituents is 1. The molecule has 0 aromatic heterocycles. The number of thioether (sulfide) groups is 1. The first kappa shape index (κ1) is 20.4. The topological polar surface area (TPSA) is 101 Å². The summed E-state index contributed by atoms with van der Waals surface area (Å²) in [6.45, 7) is 3.37. The summed E-state index contributed by atoms with van der Waals surface area (Å²) in [5.41, 5.74) is 1.40. The number of hydrogen-bond donors (Lipinski definition) is 2. The van der Waals surface area contributed by atoms with Crippen molar-refractivity contribution in [1.29, 1.82) is 0 Å². The number of carbonyl (C=O) groups excluding carboxylic acids is 2. The van der Waals surface area contributed by atoms with E-state index < -0.39 is 16.0 Å². The molecule has 0 radical (unpaired) electrons. The van der Waals surface area contributed by atoms with E-state index in [-0.39, 0.29) is 23.3 Å². The Balaban J connectivity index is 1.88. The van der Waals surface area contributed by atoms with Crippen molar-refractivity contribution in [3.8, 4) is 0 Å². The highest BCUT2D eigenvalue weighted by molar-refractivity contribution is 8.01. The quantitative estimate of drug-likeness (QED) is 0.553. The second-order valence-electron chi connectivity index (χ2n) is 5.75. The highest BCUT2D eigenvalue weighted by Gasteiger charge is 2.18. The van der Waals surface area contributed by atoms with Crippen molar-refractivity contribution >= 4 is 40.6 Å². The summed E-state index contributed by atoms with van der Waals surface area (Å²) >= 11 is 1.12. The third kappa shape index (κ3) is 6.07. The largest absolute Gasteiger partial charge is 0.325 e. The zero-order valence-electron chi connectivity index (χ0n) is 14.7. The van der Waals surface area contributed by atoms with E-state index in [0.29, 0.717) is 16.9 Å². The SMILES string of the molecule is Cc1ccc([N+](=O)[O-])cc1NC(=O)C(C)SCC(=O)Nc1ccc(F)cc1. The molecule has 1 atom stereocenters. The molecule has 0 aliphatic carbocycles. The Hall–Kier alpha value is -2.94. The van der Waals surface area contributed by atoms with Gasteiger partial charge in [0.15, 0.2) is 0 Å². The van der Waals surface area contributed by atoms with Gasteiger partial charge in [-0.1, -0.05) is 6.07 Å². The van der Waals surface area contributed by atoms with Crippen LogP contribution < -0.4 is 10.6 Å². The molecule has 0 bridgehead atoms. The molecule has 27 heavy (non-hydrogen) atoms. The third-order valence-corrected chi connectivity index (χ3v) is 4.79. The Morgan fingerprint density at radius 3 is 2.48 bits per heavy atom. The van der Waals surface area contributed by atoms with Crippen molar-refractivity contribution in [1.82, 2.24) is 0 Å². The van der Waals surface area contributed by atoms with Crippen LogP contribution in [-0.4, -0.2) is 27.7 Å². The van der Waals surface area contributed by atoms with Gasteiger partial charge < -0.3 is 10.6 Å². The molecule has 7 nitrogen and oxygen atoms in total. The molecule has 0 aliphatic rings. The van der Waals surface area contributed by atoms with Crippen LogP contribution in [-0.2, 0) is 9.59 Å². The maximum Gasteiger partial charge on any atom is 0.271 e. The first-order valence-corrected chi connectivity index (χ1v) is 9.04. The lowest BCUT2D eigenvalue weighted by Gasteiger charge is -2.13. The zero-order valence-corrected chi connectivity index (χ0v) is 15.5. The van der Waals surface area contributed by atoms with Gasteiger partial charge >= 0.3 is 0 Å². The molecule has 2 amide bonds. The number of benzene rings is 2. The number of hydrogen-bond acceptors (Lipinski definition) is 5. The van der Waals surface area contributed by atoms with E-state index in [1.54, 1.807) is 19.9 Å². The van der Waals surface area contributed by atoms with Gasteiger partial charge in [0.25, 0.3) is 5.69 Å². The van der Waals surface area contributed by atoms with Crippen LogP contribution in [0.5, 0.6) is 0 Å². The molecular weight excluding hydrogens is 373 g/mol. The molecular formula is C18H18FN3O4S. The molecule has 2 N–H and O–H groups in total. The minimum absolute atomic E-state index is 0.0277. The minimum Gasteiger partial charge on any atom is -0.325 e. The number of nitro groups is 1. The molecule has 2 aromatic carbocycles. The van der Waals surface area contributed by atoms with E-state index in [1.165, 1.54) is 36.4 Å². The van der Waals surface area contributed by atoms with Gasteiger partial charge in [0.2, 0.25) is 11.8 Å². The summed E-state index contributed by atoms with van der Waals surface area (Å²) in [5, 5.41) is 15.6. The van der Waals surface area contributed by atoms with Crippen LogP contribution in [0.3, 0.4) is 0 Å². The van der Waals surface area contributed by atoms with Crippen molar-refractivity contribution in [2.45, 2.75) is 19.1 Å². The molecule has 2 aromatic rings. The lowest BCUT2D eigenvalue weighted by atomic mass is 10.2. The van der Waals surface area contributed by atoms with Crippen LogP contribution in [0.4, 0.5) is 21.5 Å². The second-order valence-corrected chi connectivity index (χ2v) is 7.08. The number of nitro benzene ring substituents is 1. The Morgan fingerprint density at radius 1 is 1.19 bits per heavy atom. The van der Waals surface area contributed by atoms with E-state index in [4.69, 9.17) is 0 Å². The maximum absolute atomic E-state index is 12.8. The molecule has 0 heterocycles. The first-order valence-electron chi connectivity index (χ1n) is 7.99. The fraction of sp³-hybridized carbons (Fsp3) is 0.222. The Kier molecular flexibility index (Phi) is 6.89. The van der Waals surface area contributed by atoms with Crippen LogP contribution >= 0.6 is 11.8 Å². The monoisotopic (exact) mass is 391 g/mol. The van der Waals surface area contributed by atoms with Gasteiger partial charge in [0, 0.05) is 17.8 Å². The zero-order chi connectivity index (χ0) is 20.0. The minimum atomic E-state index is -0.553. The van der Waals surface area contributed by atoms with E-state index in [9.17, 15) is 24.1 Å². The fourth-order valence-electron chi connectivity index (χ4n) is 2.10. The summed E-state index contributed by atoms with van der Waals surface area (Å²) in [7, 11) is 0. The number of rotatable bonds is 7. The molecule has 2 rings (SSSR count). The number of aryl methyl sites for hydroxylation is 1. The molecule has 142 valence electrons. The number of carbonyl (C=O) groups is 2. The average molecular weight is 391 g/mol. The van der Waals surface area contributed by atoms with Gasteiger partial charge in [-0.3, -0.25) is 19.7 Å². The van der Waals surface area contributed by atoms with Crippen molar-refractivity contribution in [2.75, 3.05) is 16.4 Å². The summed E-state index contributed by atoms with van der Waals surface area (Å²) in [6, 6.07) is 9.58. The first-order chi connectivity index (χ1) is 12.8. The highest BCUT2D eigenvalue weighted by atomic mass is 32.2. The summed E-state index contributed by atoms with van der Waals surface area (Å²) < 4.78 is 12.8. The molecule has 0 fully saturated rings. The van der Waals surface area contributed by atoms with E-state index in [1.807, 2.05) is 0 Å². The van der Waals surface area contributed by atoms with E-state index in [0.717, 1.165) is 11.8 Å². The molecule has 0 saturated carbocycles. The number of nitrogens with one attached hydrogen (secondary N) is 2. The van der Waals surface area contributed by atoms with Gasteiger partial charge in [-0.05, 0) is 43.7 Å². The van der Waals surface area contributed by atoms with Gasteiger partial charge in [-0.2, -0.15) is 0 Å². The predicted octanol–water partition coefficient (Wildman–Crippen LogP) is 3.74. The Labute approximate surface area is 159 Å². The van der Waals surface area contributed by atoms with Crippen molar-refractivity contribution in [3.63, 3.8) is 0 Å². The highest BCUT2D eigenvalue weighted by Crippen LogP contribution is 2.23. The number of anilines is 2. The normalized spacial score (nSPS) is 11.5. The molecule has 9 heteroatoms. The van der Waals surface area contributed by atoms with Crippen LogP contribution in [0.15, 0.2) is 42.5 Å². The molecule has 0 saturated heterocycles. The van der Waals surface area contributed by atoms with Gasteiger partial charge in [-0.15, -0.1) is 11.8 Å². The smallest absolute Gasteiger partial charge is 0.271 e. The van der Waals surface area contributed by atoms with Gasteiger partial charge in [0.05, 0.1) is 21.6 Å². The number of nitrogens with zero attached hydrogens (tertiary/aromatic N) is 1. The predicted molar refractivity (Wildman–Crippen MR) is 103 cm³/mol. The van der Waals surface area contributed by atoms with E-state index >= 15 is 0 Å². The van der Waals surface area contributed by atoms with Crippen molar-refractivity contribution < 1.29 is 18.9 Å². The Bertz CT molecular complexity index is 858. The van der Waals surface area contributed by atoms with Crippen LogP contribution in [0.2, 0.25) is 0 Å². The van der Waals surface area contributed by atoms with Crippen molar-refractivity contribution in [2.24, 2.45) is 0 Å². The Morgan fingerprint density at radius 2 is 1.85 bits per heavy atom. The molecule has 0 aliphatic heterocycles. The van der Waals surface area contributed by atoms with Crippen molar-refractivity contribution in [3.05, 3.63) is 64.0 Å². The lowest BCUT2D eigenvalue weighted by molar-refractivity contribution is -0.384. The van der Waals surface area contributed by atoms with E-state index in [2.05, 4.69) is 10.6 Å². The summed E-state index contributed by atoms with van der Waals surface area (Å²) in [6.07, 6.45) is 0. The van der Waals surface area contributed by atoms with Crippen LogP contribution in [0.1, 0.15) is 12.5 Å². The standard InChI is InChI=1S/C18H18FN3O4S/c1-11-3-8-15(22(25)26)9-16(11)21-18(24)12(2)27-10-17(23)20-14-6-4-13(19)5-7-14/h3-9,12H,10H2,1-2H3,(H,20,23)(H,21,24). The van der Waals surface area contributed by atoms with Gasteiger partial charge in [0.1, 0.15) is 5.82 Å². The molecule has 0 spiro atoms. The molecule has 1 unspecified atom stereocenters. The second kappa shape index (κ2) is 9.13. The lowest BCUT2D eigenvalue weighted by Crippen LogP contribution is -2.25. The maximum atomic E-state index is 12.8. The van der Waals surface area contributed by atoms with Crippen LogP contribution in [0, 0.1) is 22.9 Å². The summed E-state index contributed by atoms with van der Waals surface area (Å²) in [4.78, 5) is 34.5. The van der Waals surface area contributed by atoms with Crippen LogP contribution in [0.25, 0.3) is 0 Å². The third-order valence-electron chi connectivity index (χ3n) is 3.65. The number of amides is 2. The fourth-order valence-corrected chi connectivity index (χ4v) is 2.78. The summed E-state index contributed by atoms with van der Waals surface area (Å²) in [5.74, 6) is -1.06. The number of halogens is 1. The average Bonchev–Trinajstić information content (AvgIpc) is 2.63.